The van der Waals surface area contributed by atoms with Crippen LogP contribution in [0.2, 0.25) is 0 Å². The van der Waals surface area contributed by atoms with E-state index < -0.39 is 0 Å². The Kier molecular flexibility index (Phi) is 35.4. The molecule has 1 unspecified atom stereocenters. The van der Waals surface area contributed by atoms with Crippen LogP contribution in [0.25, 0.3) is 0 Å². The van der Waals surface area contributed by atoms with Crippen molar-refractivity contribution in [2.75, 3.05) is 6.61 Å². The first-order chi connectivity index (χ1) is 4.85. The molecule has 0 amide bonds. The minimum absolute atomic E-state index is 0. The topological polar surface area (TPSA) is 9.23 Å². The molecule has 0 aliphatic heterocycles. The van der Waals surface area contributed by atoms with E-state index in [1.54, 1.807) is 20.8 Å². The molecule has 5 heteroatoms. The Balaban J connectivity index is -0.000000135. The molecule has 0 fully saturated rings. The SMILES string of the molecule is CCCCC(CC)C[O][Ti].Cl.Cl.Cl. The first-order valence-electron chi connectivity index (χ1n) is 4.13. The molecule has 1 atom stereocenters. The van der Waals surface area contributed by atoms with Crippen LogP contribution >= 0.6 is 37.2 Å². The van der Waals surface area contributed by atoms with Gasteiger partial charge in [-0.15, -0.1) is 37.2 Å². The smallest absolute Gasteiger partial charge is 0.147 e. The summed E-state index contributed by atoms with van der Waals surface area (Å²) in [4.78, 5) is 0. The minimum atomic E-state index is 0. The van der Waals surface area contributed by atoms with Crippen molar-refractivity contribution in [2.45, 2.75) is 39.5 Å². The van der Waals surface area contributed by atoms with Gasteiger partial charge < -0.3 is 0 Å². The number of hydrogen-bond acceptors (Lipinski definition) is 1. The fourth-order valence-electron chi connectivity index (χ4n) is 1.02. The van der Waals surface area contributed by atoms with E-state index in [1.165, 1.54) is 25.7 Å². The fraction of sp³-hybridized carbons (Fsp3) is 1.00. The zero-order chi connectivity index (χ0) is 7.82. The first kappa shape index (κ1) is 24.0. The molecule has 13 heavy (non-hydrogen) atoms. The first-order valence-corrected chi connectivity index (χ1v) is 4.77. The zero-order valence-electron chi connectivity index (χ0n) is 8.25. The molecule has 0 aromatic heterocycles. The predicted octanol–water partition coefficient (Wildman–Crippen LogP) is 3.95. The van der Waals surface area contributed by atoms with Gasteiger partial charge in [0.25, 0.3) is 0 Å². The maximum absolute atomic E-state index is 5.09. The molecule has 0 spiro atoms. The molecule has 83 valence electrons. The van der Waals surface area contributed by atoms with Crippen molar-refractivity contribution in [3.63, 3.8) is 0 Å². The number of rotatable bonds is 6. The number of hydrogen-bond donors (Lipinski definition) is 0. The van der Waals surface area contributed by atoms with Crippen LogP contribution < -0.4 is 0 Å². The van der Waals surface area contributed by atoms with Gasteiger partial charge in [-0.05, 0) is 0 Å². The summed E-state index contributed by atoms with van der Waals surface area (Å²) in [6, 6.07) is 0. The monoisotopic (exact) mass is 285 g/mol. The molecular weight excluding hydrogens is 266 g/mol. The summed E-state index contributed by atoms with van der Waals surface area (Å²) in [5.74, 6) is 0.796. The van der Waals surface area contributed by atoms with Crippen LogP contribution in [0.5, 0.6) is 0 Å². The fourth-order valence-corrected chi connectivity index (χ4v) is 1.38. The molecular formula is C8H20Cl3OTi. The standard InChI is InChI=1S/C8H17O.3ClH.Ti/c1-3-5-6-8(4-2)7-9;;;;/h8H,3-7H2,1-2H3;3*1H;/q-1;;;;+1. The third-order valence-corrected chi connectivity index (χ3v) is 2.12. The van der Waals surface area contributed by atoms with Gasteiger partial charge in [0.2, 0.25) is 0 Å². The van der Waals surface area contributed by atoms with Gasteiger partial charge in [0.15, 0.2) is 0 Å². The summed E-state index contributed by atoms with van der Waals surface area (Å²) in [6.45, 7) is 5.41. The van der Waals surface area contributed by atoms with Crippen LogP contribution in [0.3, 0.4) is 0 Å². The van der Waals surface area contributed by atoms with Gasteiger partial charge in [-0.3, -0.25) is 0 Å². The molecule has 1 nitrogen and oxygen atoms in total. The Bertz CT molecular complexity index is 76.4. The molecule has 0 heterocycles. The van der Waals surface area contributed by atoms with Crippen molar-refractivity contribution >= 4 is 37.2 Å². The van der Waals surface area contributed by atoms with Crippen LogP contribution in [0.1, 0.15) is 39.5 Å². The van der Waals surface area contributed by atoms with Gasteiger partial charge in [-0.2, -0.15) is 0 Å². The molecule has 0 bridgehead atoms. The van der Waals surface area contributed by atoms with Gasteiger partial charge in [0.05, 0.1) is 0 Å². The molecule has 0 rings (SSSR count). The Morgan fingerprint density at radius 2 is 1.69 bits per heavy atom. The normalized spacial score (nSPS) is 10.2. The molecule has 0 aliphatic carbocycles. The predicted molar refractivity (Wildman–Crippen MR) is 61.0 cm³/mol. The van der Waals surface area contributed by atoms with Crippen LogP contribution in [0.4, 0.5) is 0 Å². The van der Waals surface area contributed by atoms with Crippen molar-refractivity contribution in [3.05, 3.63) is 0 Å². The zero-order valence-corrected chi connectivity index (χ0v) is 12.3. The van der Waals surface area contributed by atoms with E-state index in [0.29, 0.717) is 0 Å². The summed E-state index contributed by atoms with van der Waals surface area (Å²) in [5, 5.41) is 0. The molecule has 0 N–H and O–H groups in total. The summed E-state index contributed by atoms with van der Waals surface area (Å²) in [6.07, 6.45) is 5.25. The molecule has 0 aromatic rings. The van der Waals surface area contributed by atoms with E-state index in [1.807, 2.05) is 0 Å². The van der Waals surface area contributed by atoms with Gasteiger partial charge in [-0.25, -0.2) is 0 Å². The van der Waals surface area contributed by atoms with Gasteiger partial charge in [0, 0.05) is 0 Å². The van der Waals surface area contributed by atoms with Crippen LogP contribution in [0.15, 0.2) is 0 Å². The average Bonchev–Trinajstić information content (AvgIpc) is 1.98. The van der Waals surface area contributed by atoms with Crippen molar-refractivity contribution in [3.8, 4) is 0 Å². The molecule has 0 aromatic carbocycles. The van der Waals surface area contributed by atoms with Crippen molar-refractivity contribution in [2.24, 2.45) is 5.92 Å². The maximum Gasteiger partial charge on any atom is -0.147 e. The second-order valence-corrected chi connectivity index (χ2v) is 3.18. The van der Waals surface area contributed by atoms with Crippen LogP contribution in [-0.4, -0.2) is 6.61 Å². The van der Waals surface area contributed by atoms with Gasteiger partial charge >= 0.3 is 76.2 Å². The van der Waals surface area contributed by atoms with E-state index in [9.17, 15) is 0 Å². The van der Waals surface area contributed by atoms with Crippen molar-refractivity contribution in [1.82, 2.24) is 0 Å². The Hall–Kier alpha value is 1.54. The third kappa shape index (κ3) is 16.2. The van der Waals surface area contributed by atoms with Crippen LogP contribution in [-0.2, 0) is 24.1 Å². The Morgan fingerprint density at radius 3 is 2.00 bits per heavy atom. The van der Waals surface area contributed by atoms with E-state index in [4.69, 9.17) is 3.32 Å². The van der Waals surface area contributed by atoms with Crippen molar-refractivity contribution < 1.29 is 24.1 Å². The van der Waals surface area contributed by atoms with E-state index >= 15 is 0 Å². The Labute approximate surface area is 113 Å². The van der Waals surface area contributed by atoms with Gasteiger partial charge in [0.1, 0.15) is 0 Å². The molecule has 0 radical (unpaired) electrons. The van der Waals surface area contributed by atoms with E-state index in [2.05, 4.69) is 13.8 Å². The summed E-state index contributed by atoms with van der Waals surface area (Å²) in [5.41, 5.74) is 0. The summed E-state index contributed by atoms with van der Waals surface area (Å²) in [7, 11) is 0. The second kappa shape index (κ2) is 19.2. The Morgan fingerprint density at radius 1 is 1.15 bits per heavy atom. The third-order valence-electron chi connectivity index (χ3n) is 1.86. The van der Waals surface area contributed by atoms with E-state index in [0.717, 1.165) is 12.5 Å². The molecule has 0 saturated carbocycles. The quantitative estimate of drug-likeness (QED) is 0.672. The number of unbranched alkanes of at least 4 members (excludes halogenated alkanes) is 1. The maximum atomic E-state index is 5.09. The minimum Gasteiger partial charge on any atom is -0.147 e. The number of halogens is 3. The second-order valence-electron chi connectivity index (χ2n) is 2.73. The molecule has 0 saturated heterocycles. The van der Waals surface area contributed by atoms with Crippen molar-refractivity contribution in [1.29, 1.82) is 0 Å². The largest absolute Gasteiger partial charge is 0.147 e. The van der Waals surface area contributed by atoms with Crippen LogP contribution in [0, 0.1) is 5.92 Å². The van der Waals surface area contributed by atoms with Gasteiger partial charge in [-0.1, -0.05) is 0 Å². The van der Waals surface area contributed by atoms with E-state index in [-0.39, 0.29) is 37.2 Å². The average molecular weight is 286 g/mol. The molecule has 0 aliphatic rings. The summed E-state index contributed by atoms with van der Waals surface area (Å²) < 4.78 is 5.09. The summed E-state index contributed by atoms with van der Waals surface area (Å²) >= 11 is 1.79.